The molecule has 1 N–H and O–H groups in total. The van der Waals surface area contributed by atoms with Crippen molar-refractivity contribution < 1.29 is 9.90 Å². The zero-order chi connectivity index (χ0) is 12.4. The molecule has 0 unspecified atom stereocenters. The van der Waals surface area contributed by atoms with E-state index >= 15 is 0 Å². The molecule has 1 aliphatic heterocycles. The number of rotatable bonds is 1. The number of aryl methyl sites for hydroxylation is 1. The number of aromatic nitrogens is 1. The number of aliphatic hydroxyl groups is 1. The van der Waals surface area contributed by atoms with Crippen molar-refractivity contribution in [3.63, 3.8) is 0 Å². The van der Waals surface area contributed by atoms with Crippen LogP contribution >= 0.6 is 0 Å². The molecule has 2 rings (SSSR count). The highest BCUT2D eigenvalue weighted by atomic mass is 16.3. The lowest BCUT2D eigenvalue weighted by atomic mass is 10.1. The first-order valence-corrected chi connectivity index (χ1v) is 5.72. The van der Waals surface area contributed by atoms with Crippen LogP contribution in [0.3, 0.4) is 0 Å². The van der Waals surface area contributed by atoms with Gasteiger partial charge in [0, 0.05) is 26.3 Å². The summed E-state index contributed by atoms with van der Waals surface area (Å²) >= 11 is 0. The van der Waals surface area contributed by atoms with Crippen molar-refractivity contribution in [2.45, 2.75) is 18.9 Å². The third-order valence-electron chi connectivity index (χ3n) is 3.04. The Hall–Kier alpha value is -1.62. The average Bonchev–Trinajstić information content (AvgIpc) is 2.32. The van der Waals surface area contributed by atoms with Crippen LogP contribution in [0.15, 0.2) is 23.1 Å². The Kier molecular flexibility index (Phi) is 3.28. The topological polar surface area (TPSA) is 62.5 Å². The molecule has 1 saturated heterocycles. The number of nitrogens with zero attached hydrogens (tertiary/aromatic N) is 2. The summed E-state index contributed by atoms with van der Waals surface area (Å²) < 4.78 is 1.38. The maximum Gasteiger partial charge on any atom is 0.263 e. The summed E-state index contributed by atoms with van der Waals surface area (Å²) in [7, 11) is 1.62. The number of amides is 1. The maximum atomic E-state index is 12.1. The van der Waals surface area contributed by atoms with Crippen molar-refractivity contribution in [3.05, 3.63) is 34.2 Å². The van der Waals surface area contributed by atoms with E-state index in [0.717, 1.165) is 12.8 Å². The quantitative estimate of drug-likeness (QED) is 0.745. The minimum atomic E-state index is -0.472. The molecule has 92 valence electrons. The van der Waals surface area contributed by atoms with E-state index < -0.39 is 6.10 Å². The number of pyridine rings is 1. The van der Waals surface area contributed by atoms with Gasteiger partial charge in [0.2, 0.25) is 0 Å². The highest BCUT2D eigenvalue weighted by molar-refractivity contribution is 5.93. The Balaban J connectivity index is 2.25. The first kappa shape index (κ1) is 11.9. The van der Waals surface area contributed by atoms with Gasteiger partial charge >= 0.3 is 0 Å². The molecule has 1 aromatic heterocycles. The van der Waals surface area contributed by atoms with E-state index in [0.29, 0.717) is 13.1 Å². The van der Waals surface area contributed by atoms with Gasteiger partial charge in [-0.2, -0.15) is 0 Å². The van der Waals surface area contributed by atoms with E-state index in [-0.39, 0.29) is 17.0 Å². The highest BCUT2D eigenvalue weighted by Crippen LogP contribution is 2.12. The van der Waals surface area contributed by atoms with E-state index in [9.17, 15) is 14.7 Å². The predicted molar refractivity (Wildman–Crippen MR) is 62.8 cm³/mol. The van der Waals surface area contributed by atoms with Gasteiger partial charge in [-0.1, -0.05) is 0 Å². The van der Waals surface area contributed by atoms with Crippen molar-refractivity contribution in [2.75, 3.05) is 13.1 Å². The van der Waals surface area contributed by atoms with Gasteiger partial charge in [0.05, 0.1) is 6.10 Å². The number of likely N-dealkylation sites (tertiary alicyclic amines) is 1. The van der Waals surface area contributed by atoms with Gasteiger partial charge < -0.3 is 14.6 Å². The molecule has 0 aliphatic carbocycles. The van der Waals surface area contributed by atoms with Crippen LogP contribution in [0.25, 0.3) is 0 Å². The van der Waals surface area contributed by atoms with E-state index in [2.05, 4.69) is 0 Å². The summed E-state index contributed by atoms with van der Waals surface area (Å²) in [5, 5.41) is 9.52. The molecular formula is C12H16N2O3. The molecule has 17 heavy (non-hydrogen) atoms. The van der Waals surface area contributed by atoms with Gasteiger partial charge in [0.25, 0.3) is 11.5 Å². The van der Waals surface area contributed by atoms with Gasteiger partial charge in [0.1, 0.15) is 5.56 Å². The summed E-state index contributed by atoms with van der Waals surface area (Å²) in [6.07, 6.45) is 2.64. The summed E-state index contributed by atoms with van der Waals surface area (Å²) in [5.41, 5.74) is -0.123. The standard InChI is InChI=1S/C12H16N2O3/c1-13-6-3-5-10(11(13)16)12(17)14-7-2-4-9(15)8-14/h3,5-6,9,15H,2,4,7-8H2,1H3/t9-/m0/s1. The Bertz CT molecular complexity index is 481. The second-order valence-electron chi connectivity index (χ2n) is 4.39. The molecule has 1 aromatic rings. The molecule has 1 fully saturated rings. The third kappa shape index (κ3) is 2.39. The first-order valence-electron chi connectivity index (χ1n) is 5.72. The van der Waals surface area contributed by atoms with Crippen molar-refractivity contribution in [1.82, 2.24) is 9.47 Å². The number of β-amino-alcohol motifs (C(OH)–C–C–N with tert-alkyl or cyclic N) is 1. The molecule has 0 saturated carbocycles. The fourth-order valence-corrected chi connectivity index (χ4v) is 2.07. The molecule has 2 heterocycles. The molecule has 1 atom stereocenters. The molecule has 5 nitrogen and oxygen atoms in total. The lowest BCUT2D eigenvalue weighted by Crippen LogP contribution is -2.44. The van der Waals surface area contributed by atoms with Gasteiger partial charge in [-0.15, -0.1) is 0 Å². The predicted octanol–water partition coefficient (Wildman–Crippen LogP) is -0.0178. The minimum absolute atomic E-state index is 0.170. The van der Waals surface area contributed by atoms with Crippen LogP contribution in [-0.2, 0) is 7.05 Å². The fourth-order valence-electron chi connectivity index (χ4n) is 2.07. The smallest absolute Gasteiger partial charge is 0.263 e. The van der Waals surface area contributed by atoms with E-state index in [1.54, 1.807) is 24.2 Å². The van der Waals surface area contributed by atoms with Crippen molar-refractivity contribution in [3.8, 4) is 0 Å². The largest absolute Gasteiger partial charge is 0.391 e. The first-order chi connectivity index (χ1) is 8.09. The Labute approximate surface area is 99.3 Å². The van der Waals surface area contributed by atoms with E-state index in [1.807, 2.05) is 0 Å². The maximum absolute atomic E-state index is 12.1. The van der Waals surface area contributed by atoms with Gasteiger partial charge in [-0.25, -0.2) is 0 Å². The van der Waals surface area contributed by atoms with Crippen LogP contribution in [0, 0.1) is 0 Å². The number of aliphatic hydroxyl groups excluding tert-OH is 1. The third-order valence-corrected chi connectivity index (χ3v) is 3.04. The van der Waals surface area contributed by atoms with Gasteiger partial charge in [-0.3, -0.25) is 9.59 Å². The Morgan fingerprint density at radius 1 is 1.53 bits per heavy atom. The molecule has 1 amide bonds. The summed E-state index contributed by atoms with van der Waals surface area (Å²) in [5.74, 6) is -0.287. The molecule has 0 bridgehead atoms. The Morgan fingerprint density at radius 2 is 2.29 bits per heavy atom. The molecule has 5 heteroatoms. The second-order valence-corrected chi connectivity index (χ2v) is 4.39. The number of carbonyl (C=O) groups excluding carboxylic acids is 1. The van der Waals surface area contributed by atoms with Crippen LogP contribution in [0.1, 0.15) is 23.2 Å². The van der Waals surface area contributed by atoms with E-state index in [4.69, 9.17) is 0 Å². The molecule has 0 spiro atoms. The lowest BCUT2D eigenvalue weighted by Gasteiger charge is -2.29. The van der Waals surface area contributed by atoms with Gasteiger partial charge in [-0.05, 0) is 25.0 Å². The van der Waals surface area contributed by atoms with Crippen LogP contribution in [0.2, 0.25) is 0 Å². The van der Waals surface area contributed by atoms with Crippen LogP contribution in [0.5, 0.6) is 0 Å². The summed E-state index contributed by atoms with van der Waals surface area (Å²) in [6, 6.07) is 3.21. The number of piperidine rings is 1. The fraction of sp³-hybridized carbons (Fsp3) is 0.500. The molecular weight excluding hydrogens is 220 g/mol. The summed E-state index contributed by atoms with van der Waals surface area (Å²) in [4.78, 5) is 25.5. The molecule has 1 aliphatic rings. The van der Waals surface area contributed by atoms with Crippen molar-refractivity contribution >= 4 is 5.91 Å². The zero-order valence-corrected chi connectivity index (χ0v) is 9.80. The van der Waals surface area contributed by atoms with Crippen molar-refractivity contribution in [2.24, 2.45) is 7.05 Å². The minimum Gasteiger partial charge on any atom is -0.391 e. The number of carbonyl (C=O) groups is 1. The highest BCUT2D eigenvalue weighted by Gasteiger charge is 2.24. The number of hydrogen-bond donors (Lipinski definition) is 1. The molecule has 0 radical (unpaired) electrons. The van der Waals surface area contributed by atoms with Crippen LogP contribution < -0.4 is 5.56 Å². The van der Waals surface area contributed by atoms with E-state index in [1.165, 1.54) is 10.6 Å². The zero-order valence-electron chi connectivity index (χ0n) is 9.80. The average molecular weight is 236 g/mol. The Morgan fingerprint density at radius 3 is 3.00 bits per heavy atom. The normalized spacial score (nSPS) is 20.4. The second kappa shape index (κ2) is 4.71. The monoisotopic (exact) mass is 236 g/mol. The van der Waals surface area contributed by atoms with Gasteiger partial charge in [0.15, 0.2) is 0 Å². The van der Waals surface area contributed by atoms with Crippen LogP contribution in [0.4, 0.5) is 0 Å². The number of hydrogen-bond acceptors (Lipinski definition) is 3. The molecule has 0 aromatic carbocycles. The summed E-state index contributed by atoms with van der Waals surface area (Å²) in [6.45, 7) is 0.921. The van der Waals surface area contributed by atoms with Crippen molar-refractivity contribution in [1.29, 1.82) is 0 Å². The lowest BCUT2D eigenvalue weighted by molar-refractivity contribution is 0.0472. The SMILES string of the molecule is Cn1cccc(C(=O)N2CCC[C@H](O)C2)c1=O. The van der Waals surface area contributed by atoms with Crippen LogP contribution in [-0.4, -0.2) is 39.7 Å².